The smallest absolute Gasteiger partial charge is 0.256 e. The lowest BCUT2D eigenvalue weighted by atomic mass is 10.1. The molecule has 2 aliphatic rings. The van der Waals surface area contributed by atoms with E-state index < -0.39 is 36.9 Å². The standard InChI is InChI=1S/C23H27N5O7/c1-32-23(7-9-33-10-8-23)35-18-17(30)15(11-29)34-22(18)28-13-26-16-19(24-12-25-20(16)28)27-21(31)14-5-3-2-4-6-14/h2-6,12-13,15,17-18,22,29-30H,7-11H2,1H3,(H,24,25,27,31)/t15-,17-,18-,22-/m1/s1. The Bertz CT molecular complexity index is 1170. The van der Waals surface area contributed by atoms with Crippen LogP contribution in [0.3, 0.4) is 0 Å². The van der Waals surface area contributed by atoms with Crippen molar-refractivity contribution in [1.29, 1.82) is 0 Å². The average Bonchev–Trinajstić information content (AvgIpc) is 3.46. The number of hydrogen-bond donors (Lipinski definition) is 3. The van der Waals surface area contributed by atoms with Gasteiger partial charge in [0.25, 0.3) is 5.91 Å². The van der Waals surface area contributed by atoms with Crippen molar-refractivity contribution >= 4 is 22.9 Å². The fraction of sp³-hybridized carbons (Fsp3) is 0.478. The number of amides is 1. The van der Waals surface area contributed by atoms with Crippen LogP contribution < -0.4 is 5.32 Å². The Kier molecular flexibility index (Phi) is 6.73. The van der Waals surface area contributed by atoms with Gasteiger partial charge in [0, 0.05) is 25.5 Å². The largest absolute Gasteiger partial charge is 0.394 e. The van der Waals surface area contributed by atoms with Crippen molar-refractivity contribution in [1.82, 2.24) is 19.5 Å². The molecule has 0 saturated carbocycles. The number of aromatic nitrogens is 4. The number of aliphatic hydroxyl groups excluding tert-OH is 2. The summed E-state index contributed by atoms with van der Waals surface area (Å²) < 4.78 is 25.0. The molecule has 35 heavy (non-hydrogen) atoms. The highest BCUT2D eigenvalue weighted by Gasteiger charge is 2.50. The Labute approximate surface area is 200 Å². The predicted molar refractivity (Wildman–Crippen MR) is 121 cm³/mol. The fourth-order valence-electron chi connectivity index (χ4n) is 4.42. The average molecular weight is 485 g/mol. The Hall–Kier alpha value is -3.00. The third-order valence-electron chi connectivity index (χ3n) is 6.37. The summed E-state index contributed by atoms with van der Waals surface area (Å²) in [5, 5.41) is 23.4. The van der Waals surface area contributed by atoms with Crippen LogP contribution in [0.4, 0.5) is 5.82 Å². The summed E-state index contributed by atoms with van der Waals surface area (Å²) in [7, 11) is 1.55. The first kappa shape index (κ1) is 23.7. The second kappa shape index (κ2) is 9.93. The summed E-state index contributed by atoms with van der Waals surface area (Å²) in [6.07, 6.45) is -0.0197. The molecule has 0 spiro atoms. The third-order valence-corrected chi connectivity index (χ3v) is 6.37. The Morgan fingerprint density at radius 2 is 2.00 bits per heavy atom. The van der Waals surface area contributed by atoms with Crippen LogP contribution in [-0.2, 0) is 18.9 Å². The first-order valence-electron chi connectivity index (χ1n) is 11.3. The minimum absolute atomic E-state index is 0.232. The SMILES string of the molecule is COC1(O[C@@H]2[C@H](O)[C@@H](CO)O[C@H]2n2cnc3c(NC(=O)c4ccccc4)ncnc32)CCOCC1. The van der Waals surface area contributed by atoms with Crippen LogP contribution in [0.1, 0.15) is 29.4 Å². The molecule has 186 valence electrons. The van der Waals surface area contributed by atoms with Crippen molar-refractivity contribution in [2.75, 3.05) is 32.2 Å². The lowest BCUT2D eigenvalue weighted by Crippen LogP contribution is -2.48. The van der Waals surface area contributed by atoms with E-state index in [0.29, 0.717) is 42.8 Å². The molecule has 2 fully saturated rings. The summed E-state index contributed by atoms with van der Waals surface area (Å²) in [6, 6.07) is 8.75. The highest BCUT2D eigenvalue weighted by molar-refractivity contribution is 6.06. The Morgan fingerprint density at radius 1 is 1.23 bits per heavy atom. The predicted octanol–water partition coefficient (Wildman–Crippen LogP) is 0.867. The van der Waals surface area contributed by atoms with E-state index in [9.17, 15) is 15.0 Å². The summed E-state index contributed by atoms with van der Waals surface area (Å²) in [5.41, 5.74) is 1.18. The molecule has 12 nitrogen and oxygen atoms in total. The van der Waals surface area contributed by atoms with Crippen molar-refractivity contribution < 1.29 is 34.0 Å². The number of fused-ring (bicyclic) bond motifs is 1. The summed E-state index contributed by atoms with van der Waals surface area (Å²) in [4.78, 5) is 25.6. The summed E-state index contributed by atoms with van der Waals surface area (Å²) in [6.45, 7) is 0.509. The lowest BCUT2D eigenvalue weighted by Gasteiger charge is -2.39. The summed E-state index contributed by atoms with van der Waals surface area (Å²) in [5.74, 6) is -1.07. The van der Waals surface area contributed by atoms with E-state index in [2.05, 4.69) is 20.3 Å². The topological polar surface area (TPSA) is 150 Å². The molecule has 5 rings (SSSR count). The molecule has 0 aliphatic carbocycles. The first-order valence-corrected chi connectivity index (χ1v) is 11.3. The lowest BCUT2D eigenvalue weighted by molar-refractivity contribution is -0.292. The van der Waals surface area contributed by atoms with Crippen molar-refractivity contribution in [2.45, 2.75) is 43.2 Å². The molecular weight excluding hydrogens is 458 g/mol. The van der Waals surface area contributed by atoms with Crippen LogP contribution in [0, 0.1) is 0 Å². The second-order valence-corrected chi connectivity index (χ2v) is 8.41. The van der Waals surface area contributed by atoms with Gasteiger partial charge in [-0.25, -0.2) is 15.0 Å². The maximum atomic E-state index is 12.7. The first-order chi connectivity index (χ1) is 17.0. The molecule has 4 atom stereocenters. The molecule has 2 aliphatic heterocycles. The number of ether oxygens (including phenoxy) is 4. The van der Waals surface area contributed by atoms with E-state index in [-0.39, 0.29) is 11.7 Å². The van der Waals surface area contributed by atoms with E-state index >= 15 is 0 Å². The molecule has 1 aromatic carbocycles. The zero-order valence-corrected chi connectivity index (χ0v) is 19.1. The molecule has 1 amide bonds. The van der Waals surface area contributed by atoms with Crippen LogP contribution in [0.25, 0.3) is 11.2 Å². The van der Waals surface area contributed by atoms with E-state index in [1.165, 1.54) is 12.7 Å². The molecule has 2 saturated heterocycles. The highest BCUT2D eigenvalue weighted by Crippen LogP contribution is 2.39. The van der Waals surface area contributed by atoms with Gasteiger partial charge in [-0.15, -0.1) is 0 Å². The number of rotatable bonds is 7. The maximum absolute atomic E-state index is 12.7. The molecule has 2 aromatic heterocycles. The normalized spacial score (nSPS) is 26.1. The van der Waals surface area contributed by atoms with Crippen molar-refractivity contribution in [3.8, 4) is 0 Å². The quantitative estimate of drug-likeness (QED) is 0.411. The third kappa shape index (κ3) is 4.51. The zero-order chi connectivity index (χ0) is 24.4. The minimum atomic E-state index is -1.13. The molecule has 0 bridgehead atoms. The van der Waals surface area contributed by atoms with Gasteiger partial charge in [0.1, 0.15) is 24.6 Å². The van der Waals surface area contributed by atoms with Crippen LogP contribution in [0.2, 0.25) is 0 Å². The summed E-state index contributed by atoms with van der Waals surface area (Å²) >= 11 is 0. The van der Waals surface area contributed by atoms with Crippen molar-refractivity contribution in [2.24, 2.45) is 0 Å². The number of aliphatic hydroxyl groups is 2. The van der Waals surface area contributed by atoms with Gasteiger partial charge < -0.3 is 34.5 Å². The van der Waals surface area contributed by atoms with E-state index in [1.807, 2.05) is 6.07 Å². The van der Waals surface area contributed by atoms with Gasteiger partial charge in [-0.3, -0.25) is 9.36 Å². The Balaban J connectivity index is 1.46. The van der Waals surface area contributed by atoms with Gasteiger partial charge in [0.2, 0.25) is 0 Å². The monoisotopic (exact) mass is 485 g/mol. The number of imidazole rings is 1. The van der Waals surface area contributed by atoms with Crippen molar-refractivity contribution in [3.63, 3.8) is 0 Å². The molecule has 3 N–H and O–H groups in total. The molecular formula is C23H27N5O7. The minimum Gasteiger partial charge on any atom is -0.394 e. The number of anilines is 1. The van der Waals surface area contributed by atoms with E-state index in [0.717, 1.165) is 0 Å². The van der Waals surface area contributed by atoms with Crippen LogP contribution in [0.15, 0.2) is 43.0 Å². The van der Waals surface area contributed by atoms with Crippen LogP contribution in [-0.4, -0.2) is 86.7 Å². The van der Waals surface area contributed by atoms with Gasteiger partial charge in [0.15, 0.2) is 29.0 Å². The Morgan fingerprint density at radius 3 is 2.71 bits per heavy atom. The van der Waals surface area contributed by atoms with Crippen LogP contribution in [0.5, 0.6) is 0 Å². The number of nitrogens with zero attached hydrogens (tertiary/aromatic N) is 4. The van der Waals surface area contributed by atoms with Gasteiger partial charge in [-0.2, -0.15) is 0 Å². The molecule has 4 heterocycles. The maximum Gasteiger partial charge on any atom is 0.256 e. The van der Waals surface area contributed by atoms with E-state index in [4.69, 9.17) is 18.9 Å². The highest BCUT2D eigenvalue weighted by atomic mass is 16.7. The molecule has 3 aromatic rings. The zero-order valence-electron chi connectivity index (χ0n) is 19.1. The number of hydrogen-bond acceptors (Lipinski definition) is 10. The molecule has 12 heteroatoms. The van der Waals surface area contributed by atoms with Crippen LogP contribution >= 0.6 is 0 Å². The van der Waals surface area contributed by atoms with Gasteiger partial charge in [-0.1, -0.05) is 18.2 Å². The molecule has 0 radical (unpaired) electrons. The van der Waals surface area contributed by atoms with E-state index in [1.54, 1.807) is 35.9 Å². The van der Waals surface area contributed by atoms with Gasteiger partial charge in [-0.05, 0) is 12.1 Å². The van der Waals surface area contributed by atoms with Crippen molar-refractivity contribution in [3.05, 3.63) is 48.5 Å². The number of nitrogens with one attached hydrogen (secondary N) is 1. The number of methoxy groups -OCH3 is 1. The van der Waals surface area contributed by atoms with Gasteiger partial charge in [0.05, 0.1) is 26.1 Å². The van der Waals surface area contributed by atoms with Gasteiger partial charge >= 0.3 is 0 Å². The number of benzene rings is 1. The number of carbonyl (C=O) groups excluding carboxylic acids is 1. The second-order valence-electron chi connectivity index (χ2n) is 8.41. The molecule has 0 unspecified atom stereocenters. The number of carbonyl (C=O) groups is 1. The fourth-order valence-corrected chi connectivity index (χ4v) is 4.42.